The fourth-order valence-corrected chi connectivity index (χ4v) is 6.22. The van der Waals surface area contributed by atoms with E-state index in [2.05, 4.69) is 17.4 Å². The Labute approximate surface area is 183 Å². The molecule has 1 N–H and O–H groups in total. The molecule has 0 bridgehead atoms. The minimum Gasteiger partial charge on any atom is -0.319 e. The molecule has 6 heteroatoms. The summed E-state index contributed by atoms with van der Waals surface area (Å²) in [4.78, 5) is 41.5. The van der Waals surface area contributed by atoms with Gasteiger partial charge in [0.2, 0.25) is 0 Å². The molecule has 2 aromatic carbocycles. The highest BCUT2D eigenvalue weighted by molar-refractivity contribution is 7.10. The lowest BCUT2D eigenvalue weighted by molar-refractivity contribution is -0.131. The number of aryl methyl sites for hydroxylation is 1. The summed E-state index contributed by atoms with van der Waals surface area (Å²) in [6.07, 6.45) is 3.19. The molecule has 1 aromatic heterocycles. The van der Waals surface area contributed by atoms with E-state index in [1.807, 2.05) is 35.7 Å². The van der Waals surface area contributed by atoms with Crippen molar-refractivity contribution in [2.24, 2.45) is 0 Å². The summed E-state index contributed by atoms with van der Waals surface area (Å²) in [5, 5.41) is 4.88. The highest BCUT2D eigenvalue weighted by atomic mass is 32.1. The summed E-state index contributed by atoms with van der Waals surface area (Å²) in [7, 11) is 0. The minimum atomic E-state index is -1.01. The maximum absolute atomic E-state index is 13.4. The van der Waals surface area contributed by atoms with Crippen molar-refractivity contribution >= 4 is 29.1 Å². The van der Waals surface area contributed by atoms with Gasteiger partial charge in [-0.2, -0.15) is 0 Å². The number of carbonyl (C=O) groups excluding carboxylic acids is 3. The second-order valence-electron chi connectivity index (χ2n) is 8.47. The number of fused-ring (bicyclic) bond motifs is 5. The third-order valence-electron chi connectivity index (χ3n) is 6.76. The molecule has 1 spiro atoms. The lowest BCUT2D eigenvalue weighted by atomic mass is 9.80. The largest absolute Gasteiger partial charge is 0.325 e. The van der Waals surface area contributed by atoms with Gasteiger partial charge in [-0.15, -0.1) is 11.3 Å². The van der Waals surface area contributed by atoms with Crippen molar-refractivity contribution in [1.29, 1.82) is 0 Å². The number of amides is 3. The van der Waals surface area contributed by atoms with Gasteiger partial charge in [0.1, 0.15) is 5.54 Å². The average Bonchev–Trinajstić information content (AvgIpc) is 3.46. The number of Topliss-reactive ketones (excluding diaryl/α,β-unsaturated/α-hetero) is 1. The number of imide groups is 1. The van der Waals surface area contributed by atoms with Crippen LogP contribution in [0.3, 0.4) is 0 Å². The van der Waals surface area contributed by atoms with Gasteiger partial charge in [-0.25, -0.2) is 4.79 Å². The monoisotopic (exact) mass is 428 g/mol. The highest BCUT2D eigenvalue weighted by Gasteiger charge is 2.54. The molecule has 0 radical (unpaired) electrons. The summed E-state index contributed by atoms with van der Waals surface area (Å²) < 4.78 is 0. The number of hydrogen-bond donors (Lipinski definition) is 1. The Morgan fingerprint density at radius 1 is 1.06 bits per heavy atom. The van der Waals surface area contributed by atoms with Crippen molar-refractivity contribution in [3.63, 3.8) is 0 Å². The SMILES string of the molecule is O=C(CN1C(=O)N[C@@]2(CCCc3sccc32)C1=O)c1ccc2c(c1)-c1ccccc1C2. The van der Waals surface area contributed by atoms with Crippen LogP contribution in [-0.2, 0) is 23.2 Å². The molecule has 1 saturated heterocycles. The number of benzene rings is 2. The smallest absolute Gasteiger partial charge is 0.319 e. The number of hydrogen-bond acceptors (Lipinski definition) is 4. The van der Waals surface area contributed by atoms with Gasteiger partial charge in [-0.05, 0) is 65.4 Å². The molecule has 2 heterocycles. The number of nitrogens with one attached hydrogen (secondary N) is 1. The fourth-order valence-electron chi connectivity index (χ4n) is 5.22. The number of thiophene rings is 1. The Balaban J connectivity index is 1.29. The van der Waals surface area contributed by atoms with E-state index >= 15 is 0 Å². The number of rotatable bonds is 3. The van der Waals surface area contributed by atoms with Crippen LogP contribution in [-0.4, -0.2) is 29.2 Å². The first-order chi connectivity index (χ1) is 15.1. The van der Waals surface area contributed by atoms with Crippen molar-refractivity contribution < 1.29 is 14.4 Å². The normalized spacial score (nSPS) is 21.1. The Morgan fingerprint density at radius 2 is 1.90 bits per heavy atom. The molecule has 0 saturated carbocycles. The van der Waals surface area contributed by atoms with Gasteiger partial charge in [0.15, 0.2) is 5.78 Å². The van der Waals surface area contributed by atoms with Gasteiger partial charge >= 0.3 is 6.03 Å². The zero-order valence-electron chi connectivity index (χ0n) is 16.8. The fraction of sp³-hybridized carbons (Fsp3) is 0.240. The molecule has 3 amide bonds. The predicted molar refractivity (Wildman–Crippen MR) is 118 cm³/mol. The average molecular weight is 429 g/mol. The van der Waals surface area contributed by atoms with Crippen molar-refractivity contribution in [1.82, 2.24) is 10.2 Å². The van der Waals surface area contributed by atoms with Crippen LogP contribution < -0.4 is 5.32 Å². The zero-order chi connectivity index (χ0) is 21.2. The number of nitrogens with zero attached hydrogens (tertiary/aromatic N) is 1. The lowest BCUT2D eigenvalue weighted by Gasteiger charge is -2.31. The molecular weight excluding hydrogens is 408 g/mol. The van der Waals surface area contributed by atoms with E-state index in [9.17, 15) is 14.4 Å². The minimum absolute atomic E-state index is 0.228. The van der Waals surface area contributed by atoms with Gasteiger partial charge in [0, 0.05) is 16.0 Å². The molecular formula is C25H20N2O3S. The van der Waals surface area contributed by atoms with Crippen LogP contribution >= 0.6 is 11.3 Å². The quantitative estimate of drug-likeness (QED) is 0.391. The molecule has 154 valence electrons. The molecule has 3 aliphatic rings. The maximum atomic E-state index is 13.4. The Morgan fingerprint density at radius 3 is 2.81 bits per heavy atom. The first-order valence-corrected chi connectivity index (χ1v) is 11.4. The van der Waals surface area contributed by atoms with E-state index in [0.717, 1.165) is 45.7 Å². The van der Waals surface area contributed by atoms with E-state index in [-0.39, 0.29) is 18.2 Å². The molecule has 6 rings (SSSR count). The van der Waals surface area contributed by atoms with Gasteiger partial charge in [0.25, 0.3) is 5.91 Å². The number of urea groups is 1. The molecule has 31 heavy (non-hydrogen) atoms. The van der Waals surface area contributed by atoms with Crippen LogP contribution in [0.5, 0.6) is 0 Å². The summed E-state index contributed by atoms with van der Waals surface area (Å²) >= 11 is 1.62. The van der Waals surface area contributed by atoms with Crippen molar-refractivity contribution in [3.8, 4) is 11.1 Å². The molecule has 1 atom stereocenters. The van der Waals surface area contributed by atoms with Gasteiger partial charge < -0.3 is 5.32 Å². The molecule has 1 fully saturated rings. The maximum Gasteiger partial charge on any atom is 0.325 e. The molecule has 2 aliphatic carbocycles. The third-order valence-corrected chi connectivity index (χ3v) is 7.74. The number of carbonyl (C=O) groups is 3. The standard InChI is InChI=1S/C25H20N2O3S/c28-21(17-8-7-16-12-15-4-1-2-5-18(15)19(16)13-17)14-27-23(29)25(26-24(27)30)10-3-6-22-20(25)9-11-31-22/h1-2,4-5,7-9,11,13H,3,6,10,12,14H2,(H,26,30)/t25-/m1/s1. The van der Waals surface area contributed by atoms with E-state index in [1.165, 1.54) is 11.1 Å². The summed E-state index contributed by atoms with van der Waals surface area (Å²) in [5.41, 5.74) is 5.06. The van der Waals surface area contributed by atoms with E-state index in [4.69, 9.17) is 0 Å². The summed E-state index contributed by atoms with van der Waals surface area (Å²) in [6, 6.07) is 15.3. The number of ketones is 1. The third kappa shape index (κ3) is 2.64. The lowest BCUT2D eigenvalue weighted by Crippen LogP contribution is -2.46. The van der Waals surface area contributed by atoms with Crippen LogP contribution in [0.4, 0.5) is 4.79 Å². The van der Waals surface area contributed by atoms with E-state index in [1.54, 1.807) is 17.4 Å². The Bertz CT molecular complexity index is 1280. The van der Waals surface area contributed by atoms with Crippen molar-refractivity contribution in [3.05, 3.63) is 81.0 Å². The molecule has 0 unspecified atom stereocenters. The van der Waals surface area contributed by atoms with Crippen LogP contribution in [0.1, 0.15) is 44.8 Å². The second-order valence-corrected chi connectivity index (χ2v) is 9.47. The molecule has 5 nitrogen and oxygen atoms in total. The second kappa shape index (κ2) is 6.62. The summed E-state index contributed by atoms with van der Waals surface area (Å²) in [5.74, 6) is -0.536. The first-order valence-electron chi connectivity index (χ1n) is 10.5. The summed E-state index contributed by atoms with van der Waals surface area (Å²) in [6.45, 7) is -0.244. The van der Waals surface area contributed by atoms with E-state index in [0.29, 0.717) is 12.0 Å². The van der Waals surface area contributed by atoms with Crippen LogP contribution in [0, 0.1) is 0 Å². The van der Waals surface area contributed by atoms with Crippen LogP contribution in [0.15, 0.2) is 53.9 Å². The predicted octanol–water partition coefficient (Wildman–Crippen LogP) is 4.29. The van der Waals surface area contributed by atoms with E-state index < -0.39 is 11.6 Å². The topological polar surface area (TPSA) is 66.5 Å². The molecule has 3 aromatic rings. The Kier molecular flexibility index (Phi) is 3.96. The highest BCUT2D eigenvalue weighted by Crippen LogP contribution is 2.42. The van der Waals surface area contributed by atoms with Crippen molar-refractivity contribution in [2.45, 2.75) is 31.2 Å². The molecule has 1 aliphatic heterocycles. The van der Waals surface area contributed by atoms with Gasteiger partial charge in [0.05, 0.1) is 6.54 Å². The van der Waals surface area contributed by atoms with Gasteiger partial charge in [-0.1, -0.05) is 36.4 Å². The van der Waals surface area contributed by atoms with Crippen LogP contribution in [0.25, 0.3) is 11.1 Å². The zero-order valence-corrected chi connectivity index (χ0v) is 17.6. The van der Waals surface area contributed by atoms with Gasteiger partial charge in [-0.3, -0.25) is 14.5 Å². The van der Waals surface area contributed by atoms with Crippen LogP contribution in [0.2, 0.25) is 0 Å². The Hall–Kier alpha value is -3.25. The van der Waals surface area contributed by atoms with Crippen molar-refractivity contribution in [2.75, 3.05) is 6.54 Å². The first kappa shape index (κ1) is 18.5.